The Labute approximate surface area is 84.1 Å². The topological polar surface area (TPSA) is 30.7 Å². The van der Waals surface area contributed by atoms with Gasteiger partial charge in [-0.3, -0.25) is 4.68 Å². The van der Waals surface area contributed by atoms with Crippen molar-refractivity contribution >= 4 is 11.6 Å². The van der Waals surface area contributed by atoms with Crippen molar-refractivity contribution in [2.45, 2.75) is 33.2 Å². The lowest BCUT2D eigenvalue weighted by molar-refractivity contribution is 0.478. The number of alkyl halides is 1. The molecule has 0 fully saturated rings. The van der Waals surface area contributed by atoms with Gasteiger partial charge >= 0.3 is 0 Å². The lowest BCUT2D eigenvalue weighted by Crippen LogP contribution is -2.01. The molecular formula is C9H16ClN3. The van der Waals surface area contributed by atoms with Crippen LogP contribution < -0.4 is 0 Å². The quantitative estimate of drug-likeness (QED) is 0.684. The van der Waals surface area contributed by atoms with Crippen LogP contribution in [0.1, 0.15) is 26.0 Å². The Bertz CT molecular complexity index is 245. The van der Waals surface area contributed by atoms with Gasteiger partial charge in [-0.15, -0.1) is 16.7 Å². The highest BCUT2D eigenvalue weighted by Crippen LogP contribution is 2.02. The molecule has 1 heterocycles. The number of aryl methyl sites for hydroxylation is 2. The van der Waals surface area contributed by atoms with Gasteiger partial charge in [0.1, 0.15) is 0 Å². The molecule has 0 saturated heterocycles. The van der Waals surface area contributed by atoms with Crippen molar-refractivity contribution in [2.75, 3.05) is 5.88 Å². The van der Waals surface area contributed by atoms with E-state index in [0.717, 1.165) is 25.1 Å². The minimum absolute atomic E-state index is 0.614. The fraction of sp³-hybridized carbons (Fsp3) is 0.778. The van der Waals surface area contributed by atoms with Crippen LogP contribution in [0.25, 0.3) is 0 Å². The van der Waals surface area contributed by atoms with Gasteiger partial charge in [0.25, 0.3) is 0 Å². The smallest absolute Gasteiger partial charge is 0.0839 e. The van der Waals surface area contributed by atoms with Gasteiger partial charge in [0.05, 0.1) is 5.69 Å². The minimum Gasteiger partial charge on any atom is -0.252 e. The molecule has 0 aliphatic rings. The fourth-order valence-electron chi connectivity index (χ4n) is 1.05. The average molecular weight is 202 g/mol. The Morgan fingerprint density at radius 3 is 2.92 bits per heavy atom. The largest absolute Gasteiger partial charge is 0.252 e. The molecule has 1 aromatic heterocycles. The van der Waals surface area contributed by atoms with E-state index in [9.17, 15) is 0 Å². The van der Waals surface area contributed by atoms with Crippen LogP contribution in [0, 0.1) is 5.92 Å². The third-order valence-corrected chi connectivity index (χ3v) is 2.06. The highest BCUT2D eigenvalue weighted by molar-refractivity contribution is 6.17. The van der Waals surface area contributed by atoms with Crippen molar-refractivity contribution in [2.24, 2.45) is 5.92 Å². The van der Waals surface area contributed by atoms with Gasteiger partial charge in [-0.1, -0.05) is 19.1 Å². The summed E-state index contributed by atoms with van der Waals surface area (Å²) in [7, 11) is 0. The van der Waals surface area contributed by atoms with Crippen LogP contribution in [0.5, 0.6) is 0 Å². The lowest BCUT2D eigenvalue weighted by atomic mass is 10.1. The van der Waals surface area contributed by atoms with Crippen molar-refractivity contribution in [3.05, 3.63) is 11.9 Å². The number of nitrogens with zero attached hydrogens (tertiary/aromatic N) is 3. The summed E-state index contributed by atoms with van der Waals surface area (Å²) in [4.78, 5) is 0. The second kappa shape index (κ2) is 5.22. The number of hydrogen-bond acceptors (Lipinski definition) is 2. The van der Waals surface area contributed by atoms with Crippen molar-refractivity contribution in [1.82, 2.24) is 15.0 Å². The van der Waals surface area contributed by atoms with Gasteiger partial charge in [-0.25, -0.2) is 0 Å². The molecule has 0 saturated carbocycles. The first kappa shape index (κ1) is 10.5. The van der Waals surface area contributed by atoms with Crippen LogP contribution in [0.15, 0.2) is 6.20 Å². The van der Waals surface area contributed by atoms with Gasteiger partial charge in [0.15, 0.2) is 0 Å². The van der Waals surface area contributed by atoms with Crippen LogP contribution in [0.2, 0.25) is 0 Å². The second-order valence-corrected chi connectivity index (χ2v) is 3.97. The summed E-state index contributed by atoms with van der Waals surface area (Å²) in [5.74, 6) is 1.32. The number of rotatable bonds is 5. The third-order valence-electron chi connectivity index (χ3n) is 1.87. The van der Waals surface area contributed by atoms with E-state index in [1.165, 1.54) is 0 Å². The van der Waals surface area contributed by atoms with E-state index in [0.29, 0.717) is 11.8 Å². The van der Waals surface area contributed by atoms with Crippen LogP contribution >= 0.6 is 11.6 Å². The Morgan fingerprint density at radius 2 is 2.31 bits per heavy atom. The summed E-state index contributed by atoms with van der Waals surface area (Å²) in [6, 6.07) is 0. The Hall–Kier alpha value is -0.570. The molecule has 1 rings (SSSR count). The van der Waals surface area contributed by atoms with Crippen LogP contribution in [0.4, 0.5) is 0 Å². The predicted octanol–water partition coefficient (Wildman–Crippen LogP) is 2.11. The van der Waals surface area contributed by atoms with Gasteiger partial charge in [0.2, 0.25) is 0 Å². The lowest BCUT2D eigenvalue weighted by Gasteiger charge is -2.02. The molecule has 0 unspecified atom stereocenters. The summed E-state index contributed by atoms with van der Waals surface area (Å²) in [5, 5.41) is 8.03. The van der Waals surface area contributed by atoms with Gasteiger partial charge in [-0.05, 0) is 12.3 Å². The molecule has 74 valence electrons. The highest BCUT2D eigenvalue weighted by atomic mass is 35.5. The fourth-order valence-corrected chi connectivity index (χ4v) is 1.24. The first-order valence-corrected chi connectivity index (χ1v) is 5.20. The minimum atomic E-state index is 0.614. The molecule has 3 nitrogen and oxygen atoms in total. The number of hydrogen-bond donors (Lipinski definition) is 0. The molecular weight excluding hydrogens is 186 g/mol. The van der Waals surface area contributed by atoms with Gasteiger partial charge in [0, 0.05) is 25.0 Å². The van der Waals surface area contributed by atoms with E-state index in [2.05, 4.69) is 24.2 Å². The molecule has 0 aromatic carbocycles. The average Bonchev–Trinajstić information content (AvgIpc) is 2.50. The molecule has 0 aliphatic heterocycles. The van der Waals surface area contributed by atoms with E-state index in [-0.39, 0.29) is 0 Å². The number of aromatic nitrogens is 3. The van der Waals surface area contributed by atoms with Crippen molar-refractivity contribution in [1.29, 1.82) is 0 Å². The monoisotopic (exact) mass is 201 g/mol. The second-order valence-electron chi connectivity index (χ2n) is 3.59. The van der Waals surface area contributed by atoms with Crippen LogP contribution in [-0.2, 0) is 13.0 Å². The maximum Gasteiger partial charge on any atom is 0.0839 e. The van der Waals surface area contributed by atoms with Crippen molar-refractivity contribution in [3.63, 3.8) is 0 Å². The Balaban J connectivity index is 2.39. The summed E-state index contributed by atoms with van der Waals surface area (Å²) >= 11 is 5.60. The van der Waals surface area contributed by atoms with E-state index < -0.39 is 0 Å². The summed E-state index contributed by atoms with van der Waals surface area (Å²) in [6.07, 6.45) is 3.93. The maximum atomic E-state index is 5.60. The molecule has 0 radical (unpaired) electrons. The Kier molecular flexibility index (Phi) is 4.22. The number of halogens is 1. The van der Waals surface area contributed by atoms with Gasteiger partial charge in [-0.2, -0.15) is 0 Å². The molecule has 0 aliphatic carbocycles. The Morgan fingerprint density at radius 1 is 1.54 bits per heavy atom. The molecule has 0 spiro atoms. The van der Waals surface area contributed by atoms with E-state index in [1.807, 2.05) is 10.9 Å². The molecule has 4 heteroatoms. The zero-order valence-corrected chi connectivity index (χ0v) is 8.96. The first-order valence-electron chi connectivity index (χ1n) is 4.67. The molecule has 0 bridgehead atoms. The molecule has 1 aromatic rings. The first-order chi connectivity index (χ1) is 6.22. The van der Waals surface area contributed by atoms with Crippen molar-refractivity contribution < 1.29 is 0 Å². The normalized spacial score (nSPS) is 11.1. The zero-order chi connectivity index (χ0) is 9.68. The maximum absolute atomic E-state index is 5.60. The van der Waals surface area contributed by atoms with Crippen molar-refractivity contribution in [3.8, 4) is 0 Å². The van der Waals surface area contributed by atoms with E-state index >= 15 is 0 Å². The summed E-state index contributed by atoms with van der Waals surface area (Å²) in [5.41, 5.74) is 0.985. The van der Waals surface area contributed by atoms with Crippen LogP contribution in [0.3, 0.4) is 0 Å². The molecule has 13 heavy (non-hydrogen) atoms. The zero-order valence-electron chi connectivity index (χ0n) is 8.20. The summed E-state index contributed by atoms with van der Waals surface area (Å²) in [6.45, 7) is 5.36. The molecule has 0 amide bonds. The third kappa shape index (κ3) is 3.77. The SMILES string of the molecule is CC(C)CCn1cc(CCCl)nn1. The predicted molar refractivity (Wildman–Crippen MR) is 53.9 cm³/mol. The molecule has 0 N–H and O–H groups in total. The molecule has 0 atom stereocenters. The summed E-state index contributed by atoms with van der Waals surface area (Å²) < 4.78 is 1.89. The highest BCUT2D eigenvalue weighted by Gasteiger charge is 2.00. The van der Waals surface area contributed by atoms with E-state index in [4.69, 9.17) is 11.6 Å². The van der Waals surface area contributed by atoms with Gasteiger partial charge < -0.3 is 0 Å². The standard InChI is InChI=1S/C9H16ClN3/c1-8(2)4-6-13-7-9(3-5-10)11-12-13/h7-8H,3-6H2,1-2H3. The van der Waals surface area contributed by atoms with E-state index in [1.54, 1.807) is 0 Å². The van der Waals surface area contributed by atoms with Crippen LogP contribution in [-0.4, -0.2) is 20.9 Å².